The molecule has 0 bridgehead atoms. The molecule has 0 atom stereocenters. The predicted molar refractivity (Wildman–Crippen MR) is 128 cm³/mol. The van der Waals surface area contributed by atoms with Crippen molar-refractivity contribution >= 4 is 29.3 Å². The van der Waals surface area contributed by atoms with Crippen LogP contribution in [0.2, 0.25) is 0 Å². The first-order chi connectivity index (χ1) is 14.7. The lowest BCUT2D eigenvalue weighted by atomic mass is 10.0. The van der Waals surface area contributed by atoms with Crippen LogP contribution in [0.5, 0.6) is 0 Å². The largest absolute Gasteiger partial charge is 0.322 e. The summed E-state index contributed by atoms with van der Waals surface area (Å²) in [6, 6.07) is 19.2. The first kappa shape index (κ1) is 22.0. The molecule has 0 spiro atoms. The van der Waals surface area contributed by atoms with Crippen molar-refractivity contribution in [3.8, 4) is 0 Å². The number of carbonyl (C=O) groups is 2. The first-order valence-corrected chi connectivity index (χ1v) is 10.3. The molecule has 2 N–H and O–H groups in total. The van der Waals surface area contributed by atoms with E-state index in [0.717, 1.165) is 33.4 Å². The summed E-state index contributed by atoms with van der Waals surface area (Å²) in [7, 11) is 0. The smallest absolute Gasteiger partial charge is 0.261 e. The van der Waals surface area contributed by atoms with E-state index in [-0.39, 0.29) is 5.57 Å². The van der Waals surface area contributed by atoms with Crippen LogP contribution in [0, 0.1) is 34.6 Å². The monoisotopic (exact) mass is 412 g/mol. The number of nitrogens with one attached hydrogen (secondary N) is 2. The number of aryl methyl sites for hydroxylation is 5. The number of carbonyl (C=O) groups excluding carboxylic acids is 2. The van der Waals surface area contributed by atoms with Crippen LogP contribution in [0.25, 0.3) is 6.08 Å². The molecule has 3 aromatic rings. The van der Waals surface area contributed by atoms with Gasteiger partial charge in [-0.1, -0.05) is 59.7 Å². The topological polar surface area (TPSA) is 58.2 Å². The molecule has 0 fully saturated rings. The molecule has 3 aromatic carbocycles. The summed E-state index contributed by atoms with van der Waals surface area (Å²) < 4.78 is 0. The molecular formula is C27H28N2O2. The van der Waals surface area contributed by atoms with Crippen LogP contribution in [0.3, 0.4) is 0 Å². The van der Waals surface area contributed by atoms with Crippen LogP contribution in [0.4, 0.5) is 11.4 Å². The molecule has 158 valence electrons. The summed E-state index contributed by atoms with van der Waals surface area (Å²) in [6.45, 7) is 9.82. The van der Waals surface area contributed by atoms with Gasteiger partial charge in [0.1, 0.15) is 5.57 Å². The van der Waals surface area contributed by atoms with E-state index in [1.165, 1.54) is 0 Å². The fourth-order valence-electron chi connectivity index (χ4n) is 3.43. The molecule has 0 aliphatic rings. The summed E-state index contributed by atoms with van der Waals surface area (Å²) in [5, 5.41) is 5.80. The van der Waals surface area contributed by atoms with E-state index in [2.05, 4.69) is 10.6 Å². The van der Waals surface area contributed by atoms with Crippen LogP contribution >= 0.6 is 0 Å². The predicted octanol–water partition coefficient (Wildman–Crippen LogP) is 5.89. The Morgan fingerprint density at radius 3 is 1.58 bits per heavy atom. The Bertz CT molecular complexity index is 1110. The van der Waals surface area contributed by atoms with E-state index in [0.29, 0.717) is 11.4 Å². The minimum Gasteiger partial charge on any atom is -0.322 e. The van der Waals surface area contributed by atoms with Gasteiger partial charge in [-0.15, -0.1) is 0 Å². The third-order valence-corrected chi connectivity index (χ3v) is 5.24. The van der Waals surface area contributed by atoms with Crippen molar-refractivity contribution in [2.45, 2.75) is 34.6 Å². The Morgan fingerprint density at radius 2 is 1.13 bits per heavy atom. The van der Waals surface area contributed by atoms with Crippen LogP contribution < -0.4 is 10.6 Å². The lowest BCUT2D eigenvalue weighted by Crippen LogP contribution is -2.26. The fraction of sp³-hybridized carbons (Fsp3) is 0.185. The van der Waals surface area contributed by atoms with Gasteiger partial charge in [-0.25, -0.2) is 0 Å². The lowest BCUT2D eigenvalue weighted by molar-refractivity contribution is -0.118. The third-order valence-electron chi connectivity index (χ3n) is 5.24. The maximum atomic E-state index is 13.2. The maximum absolute atomic E-state index is 13.2. The van der Waals surface area contributed by atoms with Gasteiger partial charge in [0.2, 0.25) is 0 Å². The summed E-state index contributed by atoms with van der Waals surface area (Å²) in [6.07, 6.45) is 1.65. The van der Waals surface area contributed by atoms with E-state index in [1.54, 1.807) is 6.08 Å². The zero-order valence-electron chi connectivity index (χ0n) is 18.7. The number of hydrogen-bond donors (Lipinski definition) is 2. The van der Waals surface area contributed by atoms with Crippen molar-refractivity contribution in [1.82, 2.24) is 0 Å². The molecule has 0 aliphatic heterocycles. The van der Waals surface area contributed by atoms with Crippen molar-refractivity contribution in [3.05, 3.63) is 99.6 Å². The van der Waals surface area contributed by atoms with Gasteiger partial charge in [-0.3, -0.25) is 9.59 Å². The Kier molecular flexibility index (Phi) is 6.71. The van der Waals surface area contributed by atoms with E-state index in [1.807, 2.05) is 95.3 Å². The van der Waals surface area contributed by atoms with E-state index in [9.17, 15) is 9.59 Å². The Balaban J connectivity index is 1.96. The molecule has 4 heteroatoms. The first-order valence-electron chi connectivity index (χ1n) is 10.3. The highest BCUT2D eigenvalue weighted by atomic mass is 16.2. The molecule has 0 aromatic heterocycles. The van der Waals surface area contributed by atoms with Gasteiger partial charge in [0.05, 0.1) is 0 Å². The SMILES string of the molecule is Cc1ccc(NC(=O)C(=Cc2ccccc2C)C(=O)Nc2ccc(C)cc2C)c(C)c1. The van der Waals surface area contributed by atoms with Crippen molar-refractivity contribution in [1.29, 1.82) is 0 Å². The van der Waals surface area contributed by atoms with Gasteiger partial charge in [-0.2, -0.15) is 0 Å². The molecule has 2 amide bonds. The van der Waals surface area contributed by atoms with Crippen LogP contribution in [0.1, 0.15) is 33.4 Å². The molecule has 31 heavy (non-hydrogen) atoms. The van der Waals surface area contributed by atoms with Gasteiger partial charge in [0.15, 0.2) is 0 Å². The summed E-state index contributed by atoms with van der Waals surface area (Å²) in [5.74, 6) is -0.894. The minimum atomic E-state index is -0.447. The van der Waals surface area contributed by atoms with Crippen molar-refractivity contribution in [2.24, 2.45) is 0 Å². The normalized spacial score (nSPS) is 10.4. The van der Waals surface area contributed by atoms with E-state index in [4.69, 9.17) is 0 Å². The average molecular weight is 413 g/mol. The van der Waals surface area contributed by atoms with E-state index >= 15 is 0 Å². The molecule has 0 aliphatic carbocycles. The minimum absolute atomic E-state index is 0.0502. The van der Waals surface area contributed by atoms with Crippen molar-refractivity contribution < 1.29 is 9.59 Å². The Morgan fingerprint density at radius 1 is 0.645 bits per heavy atom. The van der Waals surface area contributed by atoms with Gasteiger partial charge in [0.25, 0.3) is 11.8 Å². The fourth-order valence-corrected chi connectivity index (χ4v) is 3.43. The third kappa shape index (κ3) is 5.48. The van der Waals surface area contributed by atoms with Crippen LogP contribution in [-0.4, -0.2) is 11.8 Å². The molecule has 0 unspecified atom stereocenters. The van der Waals surface area contributed by atoms with Crippen molar-refractivity contribution in [3.63, 3.8) is 0 Å². The number of amides is 2. The molecule has 0 saturated carbocycles. The number of hydrogen-bond acceptors (Lipinski definition) is 2. The lowest BCUT2D eigenvalue weighted by Gasteiger charge is -2.14. The van der Waals surface area contributed by atoms with E-state index < -0.39 is 11.8 Å². The average Bonchev–Trinajstić information content (AvgIpc) is 2.71. The molecule has 0 radical (unpaired) electrons. The summed E-state index contributed by atoms with van der Waals surface area (Å²) in [4.78, 5) is 26.4. The quantitative estimate of drug-likeness (QED) is 0.312. The highest BCUT2D eigenvalue weighted by Crippen LogP contribution is 2.21. The molecular weight excluding hydrogens is 384 g/mol. The number of rotatable bonds is 5. The standard InChI is InChI=1S/C27H28N2O2/c1-17-10-12-24(20(4)14-17)28-26(30)23(16-22-9-7-6-8-19(22)3)27(31)29-25-13-11-18(2)15-21(25)5/h6-16H,1-5H3,(H,28,30)(H,29,31). The van der Waals surface area contributed by atoms with Crippen LogP contribution in [0.15, 0.2) is 66.2 Å². The maximum Gasteiger partial charge on any atom is 0.261 e. The van der Waals surface area contributed by atoms with Gasteiger partial charge in [-0.05, 0) is 75.1 Å². The highest BCUT2D eigenvalue weighted by molar-refractivity contribution is 6.29. The summed E-state index contributed by atoms with van der Waals surface area (Å²) in [5.41, 5.74) is 7.34. The van der Waals surface area contributed by atoms with Crippen LogP contribution in [-0.2, 0) is 9.59 Å². The number of anilines is 2. The molecule has 3 rings (SSSR count). The molecule has 4 nitrogen and oxygen atoms in total. The Hall–Kier alpha value is -3.66. The van der Waals surface area contributed by atoms with Gasteiger partial charge in [0, 0.05) is 11.4 Å². The zero-order chi connectivity index (χ0) is 22.5. The molecule has 0 heterocycles. The molecule has 0 saturated heterocycles. The van der Waals surface area contributed by atoms with Crippen molar-refractivity contribution in [2.75, 3.05) is 10.6 Å². The van der Waals surface area contributed by atoms with Gasteiger partial charge >= 0.3 is 0 Å². The number of benzene rings is 3. The second kappa shape index (κ2) is 9.43. The zero-order valence-corrected chi connectivity index (χ0v) is 18.7. The second-order valence-electron chi connectivity index (χ2n) is 7.96. The highest BCUT2D eigenvalue weighted by Gasteiger charge is 2.20. The second-order valence-corrected chi connectivity index (χ2v) is 7.96. The van der Waals surface area contributed by atoms with Gasteiger partial charge < -0.3 is 10.6 Å². The summed E-state index contributed by atoms with van der Waals surface area (Å²) >= 11 is 0. The Labute approximate surface area is 184 Å².